The Bertz CT molecular complexity index is 727. The maximum atomic E-state index is 12.3. The number of amides is 2. The molecular weight excluding hydrogens is 316 g/mol. The van der Waals surface area contributed by atoms with Gasteiger partial charge in [0.2, 0.25) is 0 Å². The van der Waals surface area contributed by atoms with Crippen LogP contribution in [0.1, 0.15) is 46.4 Å². The second-order valence-electron chi connectivity index (χ2n) is 5.03. The van der Waals surface area contributed by atoms with Gasteiger partial charge in [0.15, 0.2) is 5.69 Å². The zero-order valence-corrected chi connectivity index (χ0v) is 14.0. The van der Waals surface area contributed by atoms with Gasteiger partial charge < -0.3 is 10.6 Å². The third-order valence-electron chi connectivity index (χ3n) is 3.46. The summed E-state index contributed by atoms with van der Waals surface area (Å²) < 4.78 is 1.54. The van der Waals surface area contributed by atoms with E-state index in [2.05, 4.69) is 15.7 Å². The molecule has 122 valence electrons. The topological polar surface area (TPSA) is 76.0 Å². The zero-order chi connectivity index (χ0) is 17.0. The first kappa shape index (κ1) is 17.0. The summed E-state index contributed by atoms with van der Waals surface area (Å²) in [6.07, 6.45) is 0. The van der Waals surface area contributed by atoms with Crippen LogP contribution in [0.25, 0.3) is 0 Å². The lowest BCUT2D eigenvalue weighted by atomic mass is 10.1. The van der Waals surface area contributed by atoms with Crippen molar-refractivity contribution >= 4 is 23.4 Å². The van der Waals surface area contributed by atoms with Crippen LogP contribution in [0.5, 0.6) is 0 Å². The molecule has 1 aromatic carbocycles. The molecular formula is C16H19ClN4O2. The van der Waals surface area contributed by atoms with E-state index >= 15 is 0 Å². The summed E-state index contributed by atoms with van der Waals surface area (Å²) in [6, 6.07) is 8.58. The summed E-state index contributed by atoms with van der Waals surface area (Å²) in [5.74, 6) is -0.614. The molecule has 0 aliphatic rings. The number of benzene rings is 1. The number of nitrogens with one attached hydrogen (secondary N) is 2. The maximum Gasteiger partial charge on any atom is 0.271 e. The van der Waals surface area contributed by atoms with Crippen LogP contribution in [-0.4, -0.2) is 35.2 Å². The van der Waals surface area contributed by atoms with Gasteiger partial charge in [-0.2, -0.15) is 5.10 Å². The lowest BCUT2D eigenvalue weighted by Gasteiger charge is -2.16. The zero-order valence-electron chi connectivity index (χ0n) is 13.3. The largest absolute Gasteiger partial charge is 0.354 e. The standard InChI is InChI=1S/C16H19ClN4O2/c1-4-19-16(23)14-9-13(15(22)18-3)20-21(14)10(2)11-6-5-7-12(17)8-11/h5-10H,4H2,1-3H3,(H,18,22)(H,19,23). The molecule has 7 heteroatoms. The van der Waals surface area contributed by atoms with E-state index in [9.17, 15) is 9.59 Å². The lowest BCUT2D eigenvalue weighted by molar-refractivity contribution is 0.0940. The molecule has 23 heavy (non-hydrogen) atoms. The second-order valence-corrected chi connectivity index (χ2v) is 5.47. The number of carbonyl (C=O) groups excluding carboxylic acids is 2. The lowest BCUT2D eigenvalue weighted by Crippen LogP contribution is -2.27. The number of hydrogen-bond acceptors (Lipinski definition) is 3. The number of carbonyl (C=O) groups is 2. The van der Waals surface area contributed by atoms with Crippen molar-refractivity contribution in [1.29, 1.82) is 0 Å². The molecule has 2 rings (SSSR count). The van der Waals surface area contributed by atoms with Gasteiger partial charge in [0, 0.05) is 24.7 Å². The van der Waals surface area contributed by atoms with Gasteiger partial charge in [0.05, 0.1) is 6.04 Å². The van der Waals surface area contributed by atoms with E-state index in [0.717, 1.165) is 5.56 Å². The summed E-state index contributed by atoms with van der Waals surface area (Å²) in [6.45, 7) is 4.22. The fourth-order valence-electron chi connectivity index (χ4n) is 2.26. The van der Waals surface area contributed by atoms with Crippen molar-refractivity contribution < 1.29 is 9.59 Å². The van der Waals surface area contributed by atoms with Crippen LogP contribution < -0.4 is 10.6 Å². The van der Waals surface area contributed by atoms with Crippen LogP contribution in [0.4, 0.5) is 0 Å². The molecule has 0 saturated heterocycles. The molecule has 1 atom stereocenters. The van der Waals surface area contributed by atoms with E-state index < -0.39 is 0 Å². The molecule has 1 unspecified atom stereocenters. The molecule has 2 aromatic rings. The van der Waals surface area contributed by atoms with Crippen molar-refractivity contribution in [2.45, 2.75) is 19.9 Å². The van der Waals surface area contributed by atoms with Gasteiger partial charge in [-0.1, -0.05) is 23.7 Å². The molecule has 1 heterocycles. The summed E-state index contributed by atoms with van der Waals surface area (Å²) in [5.41, 5.74) is 1.43. The minimum Gasteiger partial charge on any atom is -0.354 e. The van der Waals surface area contributed by atoms with E-state index in [1.54, 1.807) is 10.7 Å². The highest BCUT2D eigenvalue weighted by Crippen LogP contribution is 2.23. The Kier molecular flexibility index (Phi) is 5.39. The van der Waals surface area contributed by atoms with Crippen LogP contribution in [0.15, 0.2) is 30.3 Å². The average molecular weight is 335 g/mol. The van der Waals surface area contributed by atoms with E-state index in [1.165, 1.54) is 13.1 Å². The first-order valence-electron chi connectivity index (χ1n) is 7.33. The van der Waals surface area contributed by atoms with Gasteiger partial charge in [-0.25, -0.2) is 0 Å². The predicted molar refractivity (Wildman–Crippen MR) is 88.9 cm³/mol. The van der Waals surface area contributed by atoms with Crippen molar-refractivity contribution in [3.05, 3.63) is 52.3 Å². The quantitative estimate of drug-likeness (QED) is 0.880. The van der Waals surface area contributed by atoms with Gasteiger partial charge in [0.25, 0.3) is 11.8 Å². The van der Waals surface area contributed by atoms with Gasteiger partial charge in [0.1, 0.15) is 5.69 Å². The number of hydrogen-bond donors (Lipinski definition) is 2. The number of nitrogens with zero attached hydrogens (tertiary/aromatic N) is 2. The minimum atomic E-state index is -0.340. The maximum absolute atomic E-state index is 12.3. The molecule has 0 radical (unpaired) electrons. The molecule has 0 aliphatic heterocycles. The first-order chi connectivity index (χ1) is 11.0. The molecule has 6 nitrogen and oxygen atoms in total. The Labute approximate surface area is 139 Å². The Hall–Kier alpha value is -2.34. The van der Waals surface area contributed by atoms with Gasteiger partial charge in [-0.3, -0.25) is 14.3 Å². The SMILES string of the molecule is CCNC(=O)c1cc(C(=O)NC)nn1C(C)c1cccc(Cl)c1. The van der Waals surface area contributed by atoms with Crippen molar-refractivity contribution in [3.63, 3.8) is 0 Å². The Morgan fingerprint density at radius 1 is 1.30 bits per heavy atom. The van der Waals surface area contributed by atoms with E-state index in [-0.39, 0.29) is 23.6 Å². The van der Waals surface area contributed by atoms with Crippen LogP contribution in [0.3, 0.4) is 0 Å². The molecule has 0 fully saturated rings. The highest BCUT2D eigenvalue weighted by molar-refractivity contribution is 6.30. The Balaban J connectivity index is 2.48. The Morgan fingerprint density at radius 2 is 2.04 bits per heavy atom. The normalized spacial score (nSPS) is 11.8. The first-order valence-corrected chi connectivity index (χ1v) is 7.71. The molecule has 2 N–H and O–H groups in total. The monoisotopic (exact) mass is 334 g/mol. The molecule has 0 bridgehead atoms. The highest BCUT2D eigenvalue weighted by Gasteiger charge is 2.22. The molecule has 0 saturated carbocycles. The Morgan fingerprint density at radius 3 is 2.65 bits per heavy atom. The van der Waals surface area contributed by atoms with Crippen molar-refractivity contribution in [1.82, 2.24) is 20.4 Å². The average Bonchev–Trinajstić information content (AvgIpc) is 2.99. The third-order valence-corrected chi connectivity index (χ3v) is 3.70. The third kappa shape index (κ3) is 3.71. The summed E-state index contributed by atoms with van der Waals surface area (Å²) >= 11 is 6.03. The van der Waals surface area contributed by atoms with Crippen LogP contribution >= 0.6 is 11.6 Å². The summed E-state index contributed by atoms with van der Waals surface area (Å²) in [4.78, 5) is 24.1. The van der Waals surface area contributed by atoms with E-state index in [4.69, 9.17) is 11.6 Å². The van der Waals surface area contributed by atoms with Gasteiger partial charge in [-0.15, -0.1) is 0 Å². The minimum absolute atomic E-state index is 0.197. The second kappa shape index (κ2) is 7.28. The smallest absolute Gasteiger partial charge is 0.271 e. The molecule has 2 amide bonds. The van der Waals surface area contributed by atoms with E-state index in [0.29, 0.717) is 17.3 Å². The highest BCUT2D eigenvalue weighted by atomic mass is 35.5. The molecule has 0 aliphatic carbocycles. The van der Waals surface area contributed by atoms with Gasteiger partial charge >= 0.3 is 0 Å². The van der Waals surface area contributed by atoms with Gasteiger partial charge in [-0.05, 0) is 31.5 Å². The van der Waals surface area contributed by atoms with Crippen LogP contribution in [0.2, 0.25) is 5.02 Å². The van der Waals surface area contributed by atoms with Crippen molar-refractivity contribution in [2.24, 2.45) is 0 Å². The number of halogens is 1. The summed E-state index contributed by atoms with van der Waals surface area (Å²) in [7, 11) is 1.52. The summed E-state index contributed by atoms with van der Waals surface area (Å²) in [5, 5.41) is 10.1. The van der Waals surface area contributed by atoms with Crippen LogP contribution in [0, 0.1) is 0 Å². The fourth-order valence-corrected chi connectivity index (χ4v) is 2.46. The van der Waals surface area contributed by atoms with Crippen molar-refractivity contribution in [2.75, 3.05) is 13.6 Å². The predicted octanol–water partition coefficient (Wildman–Crippen LogP) is 2.26. The molecule has 0 spiro atoms. The fraction of sp³-hybridized carbons (Fsp3) is 0.312. The molecule has 1 aromatic heterocycles. The van der Waals surface area contributed by atoms with Crippen molar-refractivity contribution in [3.8, 4) is 0 Å². The number of aromatic nitrogens is 2. The van der Waals surface area contributed by atoms with Crippen LogP contribution in [-0.2, 0) is 0 Å². The number of rotatable bonds is 5. The van der Waals surface area contributed by atoms with E-state index in [1.807, 2.05) is 32.0 Å².